The van der Waals surface area contributed by atoms with E-state index in [4.69, 9.17) is 32.9 Å². The Morgan fingerprint density at radius 3 is 2.57 bits per heavy atom. The van der Waals surface area contributed by atoms with E-state index in [1.165, 1.54) is 17.4 Å². The summed E-state index contributed by atoms with van der Waals surface area (Å²) in [6.45, 7) is 4.47. The Bertz CT molecular complexity index is 2470. The van der Waals surface area contributed by atoms with E-state index in [9.17, 15) is 14.7 Å². The van der Waals surface area contributed by atoms with Gasteiger partial charge in [-0.25, -0.2) is 4.99 Å². The van der Waals surface area contributed by atoms with Gasteiger partial charge in [0.2, 0.25) is 0 Å². The second-order valence-electron chi connectivity index (χ2n) is 11.5. The minimum Gasteiger partial charge on any atom is -0.504 e. The molecule has 4 aromatic carbocycles. The molecule has 0 bridgehead atoms. The van der Waals surface area contributed by atoms with Crippen molar-refractivity contribution in [3.63, 3.8) is 0 Å². The molecule has 2 N–H and O–H groups in total. The Labute approximate surface area is 295 Å². The number of hydrogen-bond acceptors (Lipinski definition) is 6. The molecule has 1 aliphatic rings. The molecule has 1 aliphatic heterocycles. The van der Waals surface area contributed by atoms with Gasteiger partial charge in [0.1, 0.15) is 0 Å². The molecule has 0 saturated heterocycles. The highest BCUT2D eigenvalue weighted by molar-refractivity contribution is 7.07. The van der Waals surface area contributed by atoms with Crippen molar-refractivity contribution in [3.05, 3.63) is 155 Å². The summed E-state index contributed by atoms with van der Waals surface area (Å²) in [5.74, 6) is -0.163. The first-order valence-corrected chi connectivity index (χ1v) is 17.2. The van der Waals surface area contributed by atoms with Gasteiger partial charge in [0.05, 0.1) is 38.5 Å². The number of carbonyl (C=O) groups excluding carboxylic acids is 1. The number of ether oxygens (including phenoxy) is 1. The normalized spacial score (nSPS) is 14.5. The zero-order chi connectivity index (χ0) is 34.2. The van der Waals surface area contributed by atoms with E-state index in [0.29, 0.717) is 55.1 Å². The maximum atomic E-state index is 14.4. The van der Waals surface area contributed by atoms with E-state index in [1.807, 2.05) is 73.8 Å². The molecule has 2 aromatic heterocycles. The van der Waals surface area contributed by atoms with Crippen LogP contribution in [0.5, 0.6) is 11.5 Å². The Balaban J connectivity index is 1.37. The fraction of sp³-hybridized carbons (Fsp3) is 0.132. The van der Waals surface area contributed by atoms with Gasteiger partial charge in [-0.15, -0.1) is 0 Å². The van der Waals surface area contributed by atoms with Gasteiger partial charge in [0, 0.05) is 34.9 Å². The van der Waals surface area contributed by atoms with Crippen molar-refractivity contribution < 1.29 is 14.6 Å². The molecule has 0 spiro atoms. The van der Waals surface area contributed by atoms with Gasteiger partial charge in [0.15, 0.2) is 16.3 Å². The number of carbonyl (C=O) groups is 1. The minimum absolute atomic E-state index is 0.0359. The number of aromatic nitrogens is 2. The van der Waals surface area contributed by atoms with Gasteiger partial charge < -0.3 is 19.7 Å². The van der Waals surface area contributed by atoms with Crippen LogP contribution in [0.1, 0.15) is 36.6 Å². The first-order valence-electron chi connectivity index (χ1n) is 15.6. The highest BCUT2D eigenvalue weighted by Gasteiger charge is 2.33. The third kappa shape index (κ3) is 6.28. The average molecular weight is 710 g/mol. The Morgan fingerprint density at radius 1 is 1.02 bits per heavy atom. The SMILES string of the molecule is CCOc1cc([C@@H]2C(C(=O)Nc3ccccc3)=C(C)N=c3s/c(=C\c4cn(Cc5ccc(Cl)c(Cl)c5)c5ccccc45)c(=O)n32)ccc1O. The van der Waals surface area contributed by atoms with Crippen LogP contribution >= 0.6 is 34.5 Å². The summed E-state index contributed by atoms with van der Waals surface area (Å²) in [6.07, 6.45) is 3.89. The molecule has 1 amide bonds. The largest absolute Gasteiger partial charge is 0.504 e. The fourth-order valence-electron chi connectivity index (χ4n) is 6.12. The number of allylic oxidation sites excluding steroid dienone is 1. The molecule has 3 heterocycles. The maximum absolute atomic E-state index is 14.4. The van der Waals surface area contributed by atoms with Crippen molar-refractivity contribution in [2.45, 2.75) is 26.4 Å². The van der Waals surface area contributed by atoms with Crippen molar-refractivity contribution in [1.29, 1.82) is 0 Å². The number of nitrogens with one attached hydrogen (secondary N) is 1. The van der Waals surface area contributed by atoms with E-state index in [2.05, 4.69) is 9.88 Å². The number of anilines is 1. The first-order chi connectivity index (χ1) is 23.7. The van der Waals surface area contributed by atoms with Crippen LogP contribution in [-0.4, -0.2) is 26.8 Å². The quantitative estimate of drug-likeness (QED) is 0.174. The second-order valence-corrected chi connectivity index (χ2v) is 13.4. The van der Waals surface area contributed by atoms with Gasteiger partial charge in [-0.05, 0) is 73.5 Å². The van der Waals surface area contributed by atoms with Crippen molar-refractivity contribution in [2.75, 3.05) is 11.9 Å². The third-order valence-corrected chi connectivity index (χ3v) is 10.1. The van der Waals surface area contributed by atoms with Crippen LogP contribution in [0.15, 0.2) is 118 Å². The van der Waals surface area contributed by atoms with E-state index >= 15 is 0 Å². The van der Waals surface area contributed by atoms with Crippen molar-refractivity contribution in [3.8, 4) is 11.5 Å². The lowest BCUT2D eigenvalue weighted by molar-refractivity contribution is -0.113. The standard InChI is InChI=1S/C38H30Cl2N4O4S/c1-3-48-32-18-24(14-16-31(32)45)35-34(36(46)42-26-9-5-4-6-10-26)22(2)41-38-44(35)37(47)33(49-38)19-25-21-43(30-12-8-7-11-27(25)30)20-23-13-15-28(39)29(40)17-23/h4-19,21,35,45H,3,20H2,1-2H3,(H,42,46)/b33-19-/t35-/m1/s1. The van der Waals surface area contributed by atoms with Crippen LogP contribution in [0, 0.1) is 0 Å². The Morgan fingerprint density at radius 2 is 1.80 bits per heavy atom. The lowest BCUT2D eigenvalue weighted by Gasteiger charge is -2.26. The molecular weight excluding hydrogens is 679 g/mol. The summed E-state index contributed by atoms with van der Waals surface area (Å²) in [7, 11) is 0. The van der Waals surface area contributed by atoms with Crippen LogP contribution in [-0.2, 0) is 11.3 Å². The predicted octanol–water partition coefficient (Wildman–Crippen LogP) is 7.29. The molecule has 6 aromatic rings. The monoisotopic (exact) mass is 708 g/mol. The predicted molar refractivity (Wildman–Crippen MR) is 196 cm³/mol. The molecule has 0 unspecified atom stereocenters. The number of phenolic OH excluding ortho intramolecular Hbond substituents is 1. The lowest BCUT2D eigenvalue weighted by atomic mass is 9.94. The second kappa shape index (κ2) is 13.4. The average Bonchev–Trinajstić information content (AvgIpc) is 3.59. The molecule has 11 heteroatoms. The fourth-order valence-corrected chi connectivity index (χ4v) is 7.47. The zero-order valence-corrected chi connectivity index (χ0v) is 28.8. The number of benzene rings is 4. The number of para-hydroxylation sites is 2. The van der Waals surface area contributed by atoms with Crippen molar-refractivity contribution >= 4 is 63.1 Å². The molecule has 1 atom stereocenters. The van der Waals surface area contributed by atoms with Gasteiger partial charge >= 0.3 is 0 Å². The van der Waals surface area contributed by atoms with Crippen molar-refractivity contribution in [2.24, 2.45) is 4.99 Å². The zero-order valence-electron chi connectivity index (χ0n) is 26.5. The number of phenols is 1. The number of amides is 1. The summed E-state index contributed by atoms with van der Waals surface area (Å²) in [5.41, 5.74) is 4.55. The van der Waals surface area contributed by atoms with Crippen molar-refractivity contribution in [1.82, 2.24) is 9.13 Å². The molecular formula is C38H30Cl2N4O4S. The van der Waals surface area contributed by atoms with Gasteiger partial charge in [-0.1, -0.05) is 83.1 Å². The van der Waals surface area contributed by atoms with E-state index in [1.54, 1.807) is 41.8 Å². The summed E-state index contributed by atoms with van der Waals surface area (Å²) < 4.78 is 9.82. The van der Waals surface area contributed by atoms with Gasteiger partial charge in [0.25, 0.3) is 11.5 Å². The molecule has 0 fully saturated rings. The number of fused-ring (bicyclic) bond motifs is 2. The van der Waals surface area contributed by atoms with E-state index in [0.717, 1.165) is 22.0 Å². The molecule has 0 saturated carbocycles. The van der Waals surface area contributed by atoms with Crippen LogP contribution in [0.3, 0.4) is 0 Å². The highest BCUT2D eigenvalue weighted by atomic mass is 35.5. The van der Waals surface area contributed by atoms with E-state index < -0.39 is 6.04 Å². The third-order valence-electron chi connectivity index (χ3n) is 8.34. The summed E-state index contributed by atoms with van der Waals surface area (Å²) in [5, 5.41) is 15.4. The van der Waals surface area contributed by atoms with E-state index in [-0.39, 0.29) is 23.0 Å². The highest BCUT2D eigenvalue weighted by Crippen LogP contribution is 2.36. The Hall–Kier alpha value is -5.09. The molecule has 0 aliphatic carbocycles. The Kier molecular flexibility index (Phi) is 8.90. The smallest absolute Gasteiger partial charge is 0.271 e. The number of rotatable bonds is 8. The first kappa shape index (κ1) is 32.5. The summed E-state index contributed by atoms with van der Waals surface area (Å²) in [4.78, 5) is 33.6. The van der Waals surface area contributed by atoms with Gasteiger partial charge in [-0.3, -0.25) is 14.2 Å². The van der Waals surface area contributed by atoms with Gasteiger partial charge in [-0.2, -0.15) is 0 Å². The summed E-state index contributed by atoms with van der Waals surface area (Å²) >= 11 is 13.7. The number of hydrogen-bond donors (Lipinski definition) is 2. The summed E-state index contributed by atoms with van der Waals surface area (Å²) in [6, 6.07) is 26.7. The number of halogens is 2. The maximum Gasteiger partial charge on any atom is 0.271 e. The van der Waals surface area contributed by atoms with Crippen LogP contribution in [0.4, 0.5) is 5.69 Å². The van der Waals surface area contributed by atoms with Crippen LogP contribution in [0.2, 0.25) is 10.0 Å². The number of aromatic hydroxyl groups is 1. The van der Waals surface area contributed by atoms with Crippen LogP contribution < -0.4 is 24.9 Å². The minimum atomic E-state index is -0.835. The number of nitrogens with zero attached hydrogens (tertiary/aromatic N) is 3. The molecule has 8 nitrogen and oxygen atoms in total. The molecule has 246 valence electrons. The number of thiazole rings is 1. The molecule has 0 radical (unpaired) electrons. The molecule has 49 heavy (non-hydrogen) atoms. The topological polar surface area (TPSA) is 97.9 Å². The lowest BCUT2D eigenvalue weighted by Crippen LogP contribution is -2.40. The van der Waals surface area contributed by atoms with Crippen LogP contribution in [0.25, 0.3) is 17.0 Å². The molecule has 7 rings (SSSR count).